The van der Waals surface area contributed by atoms with Crippen LogP contribution in [-0.2, 0) is 9.59 Å². The molecule has 0 radical (unpaired) electrons. The molecule has 2 amide bonds. The van der Waals surface area contributed by atoms with Crippen molar-refractivity contribution in [3.8, 4) is 11.5 Å². The molecule has 1 fully saturated rings. The summed E-state index contributed by atoms with van der Waals surface area (Å²) >= 11 is 0. The zero-order chi connectivity index (χ0) is 14.5. The van der Waals surface area contributed by atoms with Crippen LogP contribution in [0.2, 0.25) is 0 Å². The molecule has 0 bridgehead atoms. The summed E-state index contributed by atoms with van der Waals surface area (Å²) in [6, 6.07) is 3.23. The fourth-order valence-corrected chi connectivity index (χ4v) is 2.18. The average molecular weight is 284 g/mol. The van der Waals surface area contributed by atoms with Gasteiger partial charge in [0.05, 0.1) is 6.54 Å². The quantitative estimate of drug-likeness (QED) is 0.830. The van der Waals surface area contributed by atoms with Gasteiger partial charge in [-0.2, -0.15) is 0 Å². The Hall–Kier alpha value is -2.38. The smallest absolute Gasteiger partial charge is 0.395 e. The predicted octanol–water partition coefficient (Wildman–Crippen LogP) is 0.859. The molecule has 106 valence electrons. The molecule has 2 aliphatic heterocycles. The second-order valence-electron chi connectivity index (χ2n) is 4.46. The van der Waals surface area contributed by atoms with Crippen molar-refractivity contribution in [1.29, 1.82) is 0 Å². The van der Waals surface area contributed by atoms with Gasteiger partial charge in [0.25, 0.3) is 0 Å². The van der Waals surface area contributed by atoms with Crippen LogP contribution in [0, 0.1) is 0 Å². The highest BCUT2D eigenvalue weighted by Crippen LogP contribution is 2.43. The number of rotatable bonds is 1. The average Bonchev–Trinajstić information content (AvgIpc) is 2.67. The zero-order valence-corrected chi connectivity index (χ0v) is 10.4. The Morgan fingerprint density at radius 3 is 2.75 bits per heavy atom. The Balaban J connectivity index is 1.96. The number of halogens is 2. The first-order valence-corrected chi connectivity index (χ1v) is 5.87. The highest BCUT2D eigenvalue weighted by Gasteiger charge is 2.44. The fourth-order valence-electron chi connectivity index (χ4n) is 2.18. The lowest BCUT2D eigenvalue weighted by molar-refractivity contribution is -0.286. The maximum atomic E-state index is 12.9. The van der Waals surface area contributed by atoms with Crippen LogP contribution in [0.1, 0.15) is 6.92 Å². The Labute approximate surface area is 112 Å². The van der Waals surface area contributed by atoms with Crippen molar-refractivity contribution in [1.82, 2.24) is 5.32 Å². The molecule has 20 heavy (non-hydrogen) atoms. The van der Waals surface area contributed by atoms with Gasteiger partial charge in [-0.05, 0) is 19.1 Å². The standard InChI is InChI=1S/C12H10F2N2O4/c1-6-11(18)15-5-10(17)16(6)7-2-3-8-9(4-7)20-12(13,14)19-8/h2-4,6H,5H2,1H3,(H,15,18). The van der Waals surface area contributed by atoms with Gasteiger partial charge >= 0.3 is 6.29 Å². The van der Waals surface area contributed by atoms with E-state index in [4.69, 9.17) is 0 Å². The number of carbonyl (C=O) groups excluding carboxylic acids is 2. The van der Waals surface area contributed by atoms with E-state index in [9.17, 15) is 18.4 Å². The number of nitrogens with zero attached hydrogens (tertiary/aromatic N) is 1. The molecule has 3 rings (SSSR count). The van der Waals surface area contributed by atoms with Crippen LogP contribution >= 0.6 is 0 Å². The van der Waals surface area contributed by atoms with Crippen LogP contribution in [-0.4, -0.2) is 30.7 Å². The lowest BCUT2D eigenvalue weighted by Gasteiger charge is -2.32. The Bertz CT molecular complexity index is 605. The molecule has 1 atom stereocenters. The summed E-state index contributed by atoms with van der Waals surface area (Å²) in [6.07, 6.45) is -3.71. The number of carbonyl (C=O) groups is 2. The molecule has 2 heterocycles. The summed E-state index contributed by atoms with van der Waals surface area (Å²) in [5.41, 5.74) is 0.303. The maximum Gasteiger partial charge on any atom is 0.586 e. The molecule has 1 aromatic carbocycles. The van der Waals surface area contributed by atoms with Gasteiger partial charge in [-0.15, -0.1) is 8.78 Å². The molecule has 1 unspecified atom stereocenters. The van der Waals surface area contributed by atoms with Crippen molar-refractivity contribution < 1.29 is 27.8 Å². The normalized spacial score (nSPS) is 23.8. The van der Waals surface area contributed by atoms with Crippen LogP contribution < -0.4 is 19.7 Å². The third-order valence-corrected chi connectivity index (χ3v) is 3.11. The number of amides is 2. The number of fused-ring (bicyclic) bond motifs is 1. The van der Waals surface area contributed by atoms with Crippen LogP contribution in [0.25, 0.3) is 0 Å². The molecule has 8 heteroatoms. The monoisotopic (exact) mass is 284 g/mol. The largest absolute Gasteiger partial charge is 0.586 e. The molecule has 1 N–H and O–H groups in total. The Morgan fingerprint density at radius 1 is 1.30 bits per heavy atom. The minimum Gasteiger partial charge on any atom is -0.395 e. The number of ether oxygens (including phenoxy) is 2. The van der Waals surface area contributed by atoms with Gasteiger partial charge in [-0.1, -0.05) is 0 Å². The number of hydrogen-bond acceptors (Lipinski definition) is 4. The number of nitrogens with one attached hydrogen (secondary N) is 1. The van der Waals surface area contributed by atoms with Gasteiger partial charge in [-0.3, -0.25) is 14.5 Å². The summed E-state index contributed by atoms with van der Waals surface area (Å²) < 4.78 is 34.5. The van der Waals surface area contributed by atoms with Crippen molar-refractivity contribution in [2.24, 2.45) is 0 Å². The first-order valence-electron chi connectivity index (χ1n) is 5.87. The summed E-state index contributed by atoms with van der Waals surface area (Å²) in [5, 5.41) is 2.44. The van der Waals surface area contributed by atoms with Gasteiger partial charge in [0, 0.05) is 11.8 Å². The van der Waals surface area contributed by atoms with Crippen LogP contribution in [0.5, 0.6) is 11.5 Å². The minimum atomic E-state index is -3.71. The molecule has 0 aliphatic carbocycles. The third kappa shape index (κ3) is 1.93. The number of alkyl halides is 2. The van der Waals surface area contributed by atoms with Gasteiger partial charge in [-0.25, -0.2) is 0 Å². The zero-order valence-electron chi connectivity index (χ0n) is 10.4. The van der Waals surface area contributed by atoms with E-state index in [-0.39, 0.29) is 29.9 Å². The highest BCUT2D eigenvalue weighted by molar-refractivity contribution is 6.06. The van der Waals surface area contributed by atoms with Gasteiger partial charge in [0.1, 0.15) is 6.04 Å². The minimum absolute atomic E-state index is 0.111. The van der Waals surface area contributed by atoms with Gasteiger partial charge in [0.15, 0.2) is 11.5 Å². The van der Waals surface area contributed by atoms with Gasteiger partial charge in [0.2, 0.25) is 11.8 Å². The molecular formula is C12H10F2N2O4. The molecule has 6 nitrogen and oxygen atoms in total. The van der Waals surface area contributed by atoms with Crippen LogP contribution in [0.3, 0.4) is 0 Å². The predicted molar refractivity (Wildman–Crippen MR) is 62.6 cm³/mol. The van der Waals surface area contributed by atoms with Crippen molar-refractivity contribution in [2.75, 3.05) is 11.4 Å². The summed E-state index contributed by atoms with van der Waals surface area (Å²) in [6.45, 7) is 1.42. The van der Waals surface area contributed by atoms with E-state index in [0.717, 1.165) is 0 Å². The van der Waals surface area contributed by atoms with E-state index in [1.54, 1.807) is 6.92 Å². The number of benzene rings is 1. The van der Waals surface area contributed by atoms with Gasteiger partial charge < -0.3 is 14.8 Å². The van der Waals surface area contributed by atoms with E-state index >= 15 is 0 Å². The first kappa shape index (κ1) is 12.6. The third-order valence-electron chi connectivity index (χ3n) is 3.11. The maximum absolute atomic E-state index is 12.9. The Kier molecular flexibility index (Phi) is 2.56. The van der Waals surface area contributed by atoms with Crippen molar-refractivity contribution in [2.45, 2.75) is 19.3 Å². The summed E-state index contributed by atoms with van der Waals surface area (Å²) in [5.74, 6) is -0.922. The van der Waals surface area contributed by atoms with Crippen molar-refractivity contribution in [3.05, 3.63) is 18.2 Å². The summed E-state index contributed by atoms with van der Waals surface area (Å²) in [4.78, 5) is 24.7. The topological polar surface area (TPSA) is 67.9 Å². The number of piperazine rings is 1. The first-order chi connectivity index (χ1) is 9.37. The van der Waals surface area contributed by atoms with E-state index in [1.165, 1.54) is 23.1 Å². The fraction of sp³-hybridized carbons (Fsp3) is 0.333. The van der Waals surface area contributed by atoms with E-state index in [0.29, 0.717) is 5.69 Å². The number of hydrogen-bond donors (Lipinski definition) is 1. The van der Waals surface area contributed by atoms with Crippen molar-refractivity contribution >= 4 is 17.5 Å². The summed E-state index contributed by atoms with van der Waals surface area (Å²) in [7, 11) is 0. The lowest BCUT2D eigenvalue weighted by Crippen LogP contribution is -2.57. The highest BCUT2D eigenvalue weighted by atomic mass is 19.3. The molecule has 1 aromatic rings. The molecule has 0 saturated carbocycles. The van der Waals surface area contributed by atoms with E-state index in [2.05, 4.69) is 14.8 Å². The molecule has 2 aliphatic rings. The van der Waals surface area contributed by atoms with Crippen LogP contribution in [0.15, 0.2) is 18.2 Å². The molecule has 1 saturated heterocycles. The Morgan fingerprint density at radius 2 is 2.00 bits per heavy atom. The molecule has 0 spiro atoms. The second-order valence-corrected chi connectivity index (χ2v) is 4.46. The molecular weight excluding hydrogens is 274 g/mol. The lowest BCUT2D eigenvalue weighted by atomic mass is 10.1. The number of anilines is 1. The van der Waals surface area contributed by atoms with E-state index in [1.807, 2.05) is 0 Å². The van der Waals surface area contributed by atoms with E-state index < -0.39 is 12.3 Å². The second kappa shape index (κ2) is 4.06. The molecule has 0 aromatic heterocycles. The van der Waals surface area contributed by atoms with Crippen LogP contribution in [0.4, 0.5) is 14.5 Å². The SMILES string of the molecule is CC1C(=O)NCC(=O)N1c1ccc2c(c1)OC(F)(F)O2. The van der Waals surface area contributed by atoms with Crippen molar-refractivity contribution in [3.63, 3.8) is 0 Å².